The van der Waals surface area contributed by atoms with E-state index in [1.807, 2.05) is 25.1 Å². The fourth-order valence-corrected chi connectivity index (χ4v) is 4.76. The smallest absolute Gasteiger partial charge is 0.241 e. The minimum atomic E-state index is -0.507. The van der Waals surface area contributed by atoms with Crippen LogP contribution < -0.4 is 5.32 Å². The molecule has 0 radical (unpaired) electrons. The van der Waals surface area contributed by atoms with E-state index in [0.29, 0.717) is 28.7 Å². The summed E-state index contributed by atoms with van der Waals surface area (Å²) in [6, 6.07) is 11.5. The lowest BCUT2D eigenvalue weighted by Crippen LogP contribution is -2.31. The quantitative estimate of drug-likeness (QED) is 0.473. The van der Waals surface area contributed by atoms with Crippen LogP contribution in [0.25, 0.3) is 16.5 Å². The van der Waals surface area contributed by atoms with Crippen LogP contribution in [0.5, 0.6) is 0 Å². The Labute approximate surface area is 205 Å². The first-order chi connectivity index (χ1) is 16.6. The van der Waals surface area contributed by atoms with Gasteiger partial charge in [0.05, 0.1) is 23.7 Å². The molecular weight excluding hydrogens is 438 g/mol. The number of H-pyrrole nitrogens is 1. The standard InChI is InChI=1S/C28H29N5O2/c1-6-17-10-21-22(11-20(17)18(13-30)14-31-15-24(34)33(4)5)28(2,3)27-25(26(21)35)19-8-7-16(12-29)9-23(19)32-27/h7-11,13-14,30-32H,6,15H2,1-5H3/b18-14+,30-13?. The maximum absolute atomic E-state index is 13.8. The SMILES string of the molecule is CCc1cc2c(cc1/C(C=N)=C/NCC(=O)N(C)C)C(C)(C)c1[nH]c3cc(C#N)ccc3c1C2=O. The van der Waals surface area contributed by atoms with Crippen molar-refractivity contribution in [1.29, 1.82) is 10.7 Å². The van der Waals surface area contributed by atoms with Gasteiger partial charge in [0.15, 0.2) is 5.78 Å². The molecule has 3 N–H and O–H groups in total. The molecule has 1 amide bonds. The van der Waals surface area contributed by atoms with Gasteiger partial charge in [-0.2, -0.15) is 5.26 Å². The largest absolute Gasteiger partial charge is 0.382 e. The van der Waals surface area contributed by atoms with Crippen LogP contribution in [-0.2, 0) is 16.6 Å². The van der Waals surface area contributed by atoms with Crippen molar-refractivity contribution in [3.63, 3.8) is 0 Å². The maximum Gasteiger partial charge on any atom is 0.241 e. The number of hydrogen-bond acceptors (Lipinski definition) is 5. The minimum absolute atomic E-state index is 0.0402. The van der Waals surface area contributed by atoms with Crippen molar-refractivity contribution < 1.29 is 9.59 Å². The highest BCUT2D eigenvalue weighted by molar-refractivity contribution is 6.20. The zero-order chi connectivity index (χ0) is 25.5. The number of nitrogens with zero attached hydrogens (tertiary/aromatic N) is 2. The van der Waals surface area contributed by atoms with Crippen LogP contribution in [0.2, 0.25) is 0 Å². The van der Waals surface area contributed by atoms with E-state index in [2.05, 4.69) is 30.2 Å². The van der Waals surface area contributed by atoms with Gasteiger partial charge in [-0.15, -0.1) is 0 Å². The summed E-state index contributed by atoms with van der Waals surface area (Å²) in [5.41, 5.74) is 6.28. The Morgan fingerprint density at radius 2 is 2.00 bits per heavy atom. The molecule has 7 heteroatoms. The molecule has 0 saturated heterocycles. The summed E-state index contributed by atoms with van der Waals surface area (Å²) in [7, 11) is 3.39. The molecule has 35 heavy (non-hydrogen) atoms. The molecule has 7 nitrogen and oxygen atoms in total. The van der Waals surface area contributed by atoms with Gasteiger partial charge in [-0.25, -0.2) is 0 Å². The number of rotatable bonds is 6. The molecule has 0 saturated carbocycles. The van der Waals surface area contributed by atoms with E-state index in [1.54, 1.807) is 32.4 Å². The third-order valence-electron chi connectivity index (χ3n) is 6.80. The summed E-state index contributed by atoms with van der Waals surface area (Å²) in [5, 5.41) is 21.2. The van der Waals surface area contributed by atoms with Gasteiger partial charge in [-0.3, -0.25) is 9.59 Å². The number of likely N-dealkylation sites (N-methyl/N-ethyl adjacent to an activating group) is 1. The maximum atomic E-state index is 13.8. The first kappa shape index (κ1) is 24.0. The highest BCUT2D eigenvalue weighted by atomic mass is 16.2. The third kappa shape index (κ3) is 3.91. The fraction of sp³-hybridized carbons (Fsp3) is 0.286. The highest BCUT2D eigenvalue weighted by Gasteiger charge is 2.40. The number of aromatic amines is 1. The summed E-state index contributed by atoms with van der Waals surface area (Å²) < 4.78 is 0. The number of fused-ring (bicyclic) bond motifs is 4. The topological polar surface area (TPSA) is 113 Å². The monoisotopic (exact) mass is 467 g/mol. The van der Waals surface area contributed by atoms with Gasteiger partial charge in [0.1, 0.15) is 0 Å². The number of ketones is 1. The Morgan fingerprint density at radius 3 is 2.63 bits per heavy atom. The lowest BCUT2D eigenvalue weighted by molar-refractivity contribution is -0.127. The predicted molar refractivity (Wildman–Crippen MR) is 138 cm³/mol. The summed E-state index contributed by atoms with van der Waals surface area (Å²) in [5.74, 6) is -0.106. The van der Waals surface area contributed by atoms with Crippen LogP contribution in [0.15, 0.2) is 36.5 Å². The summed E-state index contributed by atoms with van der Waals surface area (Å²) in [4.78, 5) is 30.6. The van der Waals surface area contributed by atoms with E-state index in [9.17, 15) is 14.9 Å². The second-order valence-corrected chi connectivity index (χ2v) is 9.52. The lowest BCUT2D eigenvalue weighted by Gasteiger charge is -2.33. The molecule has 2 aromatic carbocycles. The summed E-state index contributed by atoms with van der Waals surface area (Å²) in [6.45, 7) is 6.31. The van der Waals surface area contributed by atoms with Crippen molar-refractivity contribution in [1.82, 2.24) is 15.2 Å². The van der Waals surface area contributed by atoms with Crippen molar-refractivity contribution in [3.8, 4) is 6.07 Å². The van der Waals surface area contributed by atoms with E-state index in [-0.39, 0.29) is 18.2 Å². The van der Waals surface area contributed by atoms with Crippen molar-refractivity contribution >= 4 is 34.4 Å². The molecule has 3 aromatic rings. The van der Waals surface area contributed by atoms with Gasteiger partial charge in [-0.05, 0) is 47.4 Å². The van der Waals surface area contributed by atoms with Crippen molar-refractivity contribution in [2.45, 2.75) is 32.6 Å². The Bertz CT molecular complexity index is 1450. The molecule has 1 aliphatic carbocycles. The number of hydrogen-bond donors (Lipinski definition) is 3. The summed E-state index contributed by atoms with van der Waals surface area (Å²) >= 11 is 0. The highest BCUT2D eigenvalue weighted by Crippen LogP contribution is 2.45. The molecule has 0 unspecified atom stereocenters. The number of allylic oxidation sites excluding steroid dienone is 1. The molecule has 178 valence electrons. The number of carbonyl (C=O) groups is 2. The van der Waals surface area contributed by atoms with Crippen LogP contribution in [0.1, 0.15) is 64.6 Å². The number of nitriles is 1. The third-order valence-corrected chi connectivity index (χ3v) is 6.80. The van der Waals surface area contributed by atoms with Crippen LogP contribution in [0.3, 0.4) is 0 Å². The molecular formula is C28H29N5O2. The number of amides is 1. The Kier molecular flexibility index (Phi) is 6.08. The van der Waals surface area contributed by atoms with Crippen molar-refractivity contribution in [3.05, 3.63) is 75.6 Å². The second kappa shape index (κ2) is 8.88. The van der Waals surface area contributed by atoms with Gasteiger partial charge < -0.3 is 20.6 Å². The molecule has 1 aliphatic rings. The fourth-order valence-electron chi connectivity index (χ4n) is 4.76. The molecule has 0 atom stereocenters. The van der Waals surface area contributed by atoms with Crippen LogP contribution in [0.4, 0.5) is 0 Å². The van der Waals surface area contributed by atoms with E-state index >= 15 is 0 Å². The molecule has 4 rings (SSSR count). The number of nitrogens with one attached hydrogen (secondary N) is 3. The van der Waals surface area contributed by atoms with Crippen LogP contribution >= 0.6 is 0 Å². The van der Waals surface area contributed by atoms with E-state index in [0.717, 1.165) is 33.3 Å². The normalized spacial score (nSPS) is 14.2. The minimum Gasteiger partial charge on any atom is -0.382 e. The second-order valence-electron chi connectivity index (χ2n) is 9.52. The predicted octanol–water partition coefficient (Wildman–Crippen LogP) is 4.14. The molecule has 0 spiro atoms. The van der Waals surface area contributed by atoms with Crippen LogP contribution in [-0.4, -0.2) is 48.4 Å². The van der Waals surface area contributed by atoms with E-state index < -0.39 is 5.41 Å². The molecule has 1 heterocycles. The first-order valence-electron chi connectivity index (χ1n) is 11.6. The van der Waals surface area contributed by atoms with E-state index in [1.165, 1.54) is 11.1 Å². The molecule has 0 aliphatic heterocycles. The van der Waals surface area contributed by atoms with Gasteiger partial charge in [0.2, 0.25) is 5.91 Å². The lowest BCUT2D eigenvalue weighted by atomic mass is 9.70. The van der Waals surface area contributed by atoms with E-state index in [4.69, 9.17) is 5.41 Å². The Hall–Kier alpha value is -4.18. The van der Waals surface area contributed by atoms with Gasteiger partial charge >= 0.3 is 0 Å². The number of aromatic nitrogens is 1. The van der Waals surface area contributed by atoms with Crippen LogP contribution in [0, 0.1) is 16.7 Å². The number of benzene rings is 2. The first-order valence-corrected chi connectivity index (χ1v) is 11.6. The van der Waals surface area contributed by atoms with Crippen molar-refractivity contribution in [2.24, 2.45) is 0 Å². The average Bonchev–Trinajstić information content (AvgIpc) is 3.24. The zero-order valence-electron chi connectivity index (χ0n) is 20.7. The van der Waals surface area contributed by atoms with Crippen molar-refractivity contribution in [2.75, 3.05) is 20.6 Å². The zero-order valence-corrected chi connectivity index (χ0v) is 20.7. The molecule has 1 aromatic heterocycles. The van der Waals surface area contributed by atoms with Gasteiger partial charge in [0.25, 0.3) is 0 Å². The van der Waals surface area contributed by atoms with Gasteiger partial charge in [-0.1, -0.05) is 26.8 Å². The summed E-state index contributed by atoms with van der Waals surface area (Å²) in [6.07, 6.45) is 3.64. The average molecular weight is 468 g/mol. The molecule has 0 bridgehead atoms. The Morgan fingerprint density at radius 1 is 1.26 bits per heavy atom. The van der Waals surface area contributed by atoms with Gasteiger partial charge in [0, 0.05) is 59.7 Å². The number of carbonyl (C=O) groups excluding carboxylic acids is 2. The Balaban J connectivity index is 1.86. The number of aryl methyl sites for hydroxylation is 1. The molecule has 0 fully saturated rings.